The Morgan fingerprint density at radius 1 is 1.15 bits per heavy atom. The fraction of sp³-hybridized carbons (Fsp3) is 0.381. The largest absolute Gasteiger partial charge is 0.486 e. The molecule has 0 saturated carbocycles. The Kier molecular flexibility index (Phi) is 6.96. The molecule has 0 unspecified atom stereocenters. The van der Waals surface area contributed by atoms with E-state index in [0.29, 0.717) is 36.3 Å². The molecule has 0 aromatic heterocycles. The average molecular weight is 389 g/mol. The predicted molar refractivity (Wildman–Crippen MR) is 107 cm³/mol. The minimum absolute atomic E-state index is 0.0199. The molecule has 1 aliphatic heterocycles. The van der Waals surface area contributed by atoms with E-state index in [9.17, 15) is 4.79 Å². The van der Waals surface area contributed by atoms with Crippen molar-refractivity contribution in [3.05, 3.63) is 58.6 Å². The third-order valence-corrected chi connectivity index (χ3v) is 4.64. The van der Waals surface area contributed by atoms with Gasteiger partial charge in [0.05, 0.1) is 11.4 Å². The molecular formula is C21H25ClN2O3. The van der Waals surface area contributed by atoms with E-state index in [2.05, 4.69) is 29.4 Å². The number of fused-ring (bicyclic) bond motifs is 1. The van der Waals surface area contributed by atoms with Crippen molar-refractivity contribution < 1.29 is 14.3 Å². The van der Waals surface area contributed by atoms with Crippen LogP contribution >= 0.6 is 11.6 Å². The van der Waals surface area contributed by atoms with Crippen LogP contribution < -0.4 is 14.8 Å². The summed E-state index contributed by atoms with van der Waals surface area (Å²) >= 11 is 6.22. The second-order valence-electron chi connectivity index (χ2n) is 6.71. The van der Waals surface area contributed by atoms with Gasteiger partial charge in [0.1, 0.15) is 13.2 Å². The van der Waals surface area contributed by atoms with E-state index in [1.165, 1.54) is 5.56 Å². The molecule has 2 aromatic carbocycles. The summed E-state index contributed by atoms with van der Waals surface area (Å²) in [5.74, 6) is 1.15. The molecular weight excluding hydrogens is 364 g/mol. The van der Waals surface area contributed by atoms with Crippen molar-refractivity contribution in [2.45, 2.75) is 19.4 Å². The van der Waals surface area contributed by atoms with E-state index >= 15 is 0 Å². The second-order valence-corrected chi connectivity index (χ2v) is 7.11. The summed E-state index contributed by atoms with van der Waals surface area (Å²) < 4.78 is 11.0. The Hall–Kier alpha value is -2.24. The first kappa shape index (κ1) is 19.5. The summed E-state index contributed by atoms with van der Waals surface area (Å²) in [4.78, 5) is 14.4. The number of benzene rings is 2. The van der Waals surface area contributed by atoms with E-state index in [-0.39, 0.29) is 12.3 Å². The van der Waals surface area contributed by atoms with Crippen LogP contribution in [0, 0.1) is 0 Å². The van der Waals surface area contributed by atoms with Crippen molar-refractivity contribution >= 4 is 17.5 Å². The molecule has 1 N–H and O–H groups in total. The van der Waals surface area contributed by atoms with E-state index in [1.54, 1.807) is 6.07 Å². The van der Waals surface area contributed by atoms with Crippen LogP contribution in [0.15, 0.2) is 42.5 Å². The van der Waals surface area contributed by atoms with Crippen molar-refractivity contribution in [3.8, 4) is 11.5 Å². The summed E-state index contributed by atoms with van der Waals surface area (Å²) in [6, 6.07) is 14.0. The number of hydrogen-bond acceptors (Lipinski definition) is 4. The highest BCUT2D eigenvalue weighted by molar-refractivity contribution is 6.32. The zero-order chi connectivity index (χ0) is 19.1. The fourth-order valence-corrected chi connectivity index (χ4v) is 3.35. The number of nitrogens with one attached hydrogen (secondary N) is 1. The maximum atomic E-state index is 12.2. The molecule has 0 atom stereocenters. The first-order valence-corrected chi connectivity index (χ1v) is 9.57. The van der Waals surface area contributed by atoms with Gasteiger partial charge in [-0.2, -0.15) is 0 Å². The number of rotatable bonds is 8. The highest BCUT2D eigenvalue weighted by Gasteiger charge is 2.17. The number of amides is 1. The SMILES string of the molecule is CN(CCCNC(=O)Cc1cc(Cl)c2c(c1)OCCO2)Cc1ccccc1. The van der Waals surface area contributed by atoms with Crippen molar-refractivity contribution in [1.29, 1.82) is 0 Å². The quantitative estimate of drug-likeness (QED) is 0.705. The molecule has 1 heterocycles. The topological polar surface area (TPSA) is 50.8 Å². The summed E-state index contributed by atoms with van der Waals surface area (Å²) in [5, 5.41) is 3.45. The van der Waals surface area contributed by atoms with Crippen LogP contribution in [0.4, 0.5) is 0 Å². The monoisotopic (exact) mass is 388 g/mol. The molecule has 0 saturated heterocycles. The van der Waals surface area contributed by atoms with Crippen molar-refractivity contribution in [1.82, 2.24) is 10.2 Å². The number of halogens is 1. The van der Waals surface area contributed by atoms with Crippen LogP contribution in [0.25, 0.3) is 0 Å². The third-order valence-electron chi connectivity index (χ3n) is 4.36. The summed E-state index contributed by atoms with van der Waals surface area (Å²) in [7, 11) is 2.09. The van der Waals surface area contributed by atoms with E-state index in [1.807, 2.05) is 24.3 Å². The molecule has 27 heavy (non-hydrogen) atoms. The molecule has 0 fully saturated rings. The van der Waals surface area contributed by atoms with Gasteiger partial charge in [-0.15, -0.1) is 0 Å². The van der Waals surface area contributed by atoms with Gasteiger partial charge < -0.3 is 19.7 Å². The zero-order valence-corrected chi connectivity index (χ0v) is 16.3. The van der Waals surface area contributed by atoms with Gasteiger partial charge in [0.25, 0.3) is 0 Å². The lowest BCUT2D eigenvalue weighted by Gasteiger charge is -2.20. The molecule has 6 heteroatoms. The summed E-state index contributed by atoms with van der Waals surface area (Å²) in [6.07, 6.45) is 1.17. The lowest BCUT2D eigenvalue weighted by Crippen LogP contribution is -2.29. The Morgan fingerprint density at radius 3 is 2.74 bits per heavy atom. The number of carbonyl (C=O) groups excluding carboxylic acids is 1. The standard InChI is InChI=1S/C21H25ClN2O3/c1-24(15-16-6-3-2-4-7-16)9-5-8-23-20(25)14-17-12-18(22)21-19(13-17)26-10-11-27-21/h2-4,6-7,12-13H,5,8-11,14-15H2,1H3,(H,23,25). The first-order chi connectivity index (χ1) is 13.1. The van der Waals surface area contributed by atoms with E-state index in [4.69, 9.17) is 21.1 Å². The van der Waals surface area contributed by atoms with Gasteiger partial charge in [0.15, 0.2) is 11.5 Å². The summed E-state index contributed by atoms with van der Waals surface area (Å²) in [5.41, 5.74) is 2.11. The van der Waals surface area contributed by atoms with Crippen LogP contribution in [0.2, 0.25) is 5.02 Å². The molecule has 0 spiro atoms. The van der Waals surface area contributed by atoms with Crippen LogP contribution in [0.3, 0.4) is 0 Å². The summed E-state index contributed by atoms with van der Waals surface area (Å²) in [6.45, 7) is 3.46. The number of carbonyl (C=O) groups is 1. The Morgan fingerprint density at radius 2 is 1.93 bits per heavy atom. The molecule has 1 aliphatic rings. The van der Waals surface area contributed by atoms with Gasteiger partial charge in [-0.05, 0) is 43.3 Å². The molecule has 0 radical (unpaired) electrons. The van der Waals surface area contributed by atoms with Crippen LogP contribution in [0.5, 0.6) is 11.5 Å². The lowest BCUT2D eigenvalue weighted by molar-refractivity contribution is -0.120. The highest BCUT2D eigenvalue weighted by atomic mass is 35.5. The number of hydrogen-bond donors (Lipinski definition) is 1. The maximum absolute atomic E-state index is 12.2. The van der Waals surface area contributed by atoms with Crippen LogP contribution in [-0.4, -0.2) is 44.2 Å². The van der Waals surface area contributed by atoms with E-state index < -0.39 is 0 Å². The van der Waals surface area contributed by atoms with Crippen molar-refractivity contribution in [2.24, 2.45) is 0 Å². The van der Waals surface area contributed by atoms with Crippen molar-refractivity contribution in [3.63, 3.8) is 0 Å². The second kappa shape index (κ2) is 9.62. The molecule has 0 bridgehead atoms. The Labute approximate surface area is 165 Å². The maximum Gasteiger partial charge on any atom is 0.224 e. The van der Waals surface area contributed by atoms with Gasteiger partial charge in [-0.25, -0.2) is 0 Å². The number of nitrogens with zero attached hydrogens (tertiary/aromatic N) is 1. The minimum atomic E-state index is -0.0199. The first-order valence-electron chi connectivity index (χ1n) is 9.19. The van der Waals surface area contributed by atoms with Gasteiger partial charge in [-0.3, -0.25) is 4.79 Å². The average Bonchev–Trinajstić information content (AvgIpc) is 2.66. The zero-order valence-electron chi connectivity index (χ0n) is 15.5. The van der Waals surface area contributed by atoms with E-state index in [0.717, 1.165) is 25.1 Å². The Bertz CT molecular complexity index is 768. The van der Waals surface area contributed by atoms with Gasteiger partial charge in [0, 0.05) is 13.1 Å². The predicted octanol–water partition coefficient (Wildman–Crippen LogP) is 3.29. The third kappa shape index (κ3) is 5.88. The molecule has 1 amide bonds. The van der Waals surface area contributed by atoms with Crippen LogP contribution in [0.1, 0.15) is 17.5 Å². The van der Waals surface area contributed by atoms with Gasteiger partial charge in [0.2, 0.25) is 5.91 Å². The molecule has 5 nitrogen and oxygen atoms in total. The minimum Gasteiger partial charge on any atom is -0.486 e. The van der Waals surface area contributed by atoms with Crippen LogP contribution in [-0.2, 0) is 17.8 Å². The lowest BCUT2D eigenvalue weighted by atomic mass is 10.1. The fourth-order valence-electron chi connectivity index (χ4n) is 3.07. The molecule has 0 aliphatic carbocycles. The molecule has 144 valence electrons. The van der Waals surface area contributed by atoms with Gasteiger partial charge in [-0.1, -0.05) is 41.9 Å². The number of ether oxygens (including phenoxy) is 2. The van der Waals surface area contributed by atoms with Gasteiger partial charge >= 0.3 is 0 Å². The Balaban J connectivity index is 1.39. The molecule has 2 aromatic rings. The van der Waals surface area contributed by atoms with Crippen molar-refractivity contribution in [2.75, 3.05) is 33.4 Å². The smallest absolute Gasteiger partial charge is 0.224 e. The molecule has 3 rings (SSSR count). The highest BCUT2D eigenvalue weighted by Crippen LogP contribution is 2.38. The normalized spacial score (nSPS) is 12.9.